The van der Waals surface area contributed by atoms with Gasteiger partial charge >= 0.3 is 18.0 Å². The first-order chi connectivity index (χ1) is 19.4. The number of carboxylic acids is 1. The summed E-state index contributed by atoms with van der Waals surface area (Å²) in [5, 5.41) is 10.5. The Morgan fingerprint density at radius 3 is 2.02 bits per heavy atom. The lowest BCUT2D eigenvalue weighted by Gasteiger charge is -2.47. The first-order valence-corrected chi connectivity index (χ1v) is 14.0. The zero-order chi connectivity index (χ0) is 27.8. The van der Waals surface area contributed by atoms with Crippen molar-refractivity contribution < 1.29 is 19.5 Å². The van der Waals surface area contributed by atoms with Crippen molar-refractivity contribution in [3.8, 4) is 0 Å². The Labute approximate surface area is 234 Å². The van der Waals surface area contributed by atoms with E-state index >= 15 is 0 Å². The Morgan fingerprint density at radius 1 is 0.800 bits per heavy atom. The van der Waals surface area contributed by atoms with Crippen LogP contribution in [0.2, 0.25) is 0 Å². The molecule has 0 aliphatic carbocycles. The molecule has 4 amide bonds. The number of hydrogen-bond acceptors (Lipinski definition) is 3. The predicted molar refractivity (Wildman–Crippen MR) is 152 cm³/mol. The van der Waals surface area contributed by atoms with Gasteiger partial charge in [0.1, 0.15) is 0 Å². The first-order valence-electron chi connectivity index (χ1n) is 14.0. The van der Waals surface area contributed by atoms with E-state index in [2.05, 4.69) is 24.3 Å². The van der Waals surface area contributed by atoms with Crippen LogP contribution in [-0.2, 0) is 4.79 Å². The molecule has 3 aromatic carbocycles. The van der Waals surface area contributed by atoms with Crippen molar-refractivity contribution >= 4 is 29.4 Å². The third-order valence-corrected chi connectivity index (χ3v) is 8.55. The van der Waals surface area contributed by atoms with Gasteiger partial charge in [-0.3, -0.25) is 4.90 Å². The summed E-state index contributed by atoms with van der Waals surface area (Å²) in [5.74, 6) is -1.09. The molecular formula is C32H34N4O4. The summed E-state index contributed by atoms with van der Waals surface area (Å²) >= 11 is 0. The van der Waals surface area contributed by atoms with Crippen LogP contribution < -0.4 is 4.90 Å². The number of rotatable bonds is 4. The highest BCUT2D eigenvalue weighted by molar-refractivity contribution is 6.01. The Bertz CT molecular complexity index is 1340. The maximum atomic E-state index is 14.2. The molecule has 0 radical (unpaired) electrons. The number of aliphatic carboxylic acids is 1. The molecule has 8 heteroatoms. The SMILES string of the molecule is Cc1ccc([C@H]2CCCN2C(=O)N2C3CC[C@@H]2[C@@H](C(=O)O)N(C(=O)N(c2ccccc2)c2ccccc2)C3)cc1. The molecule has 2 bridgehead atoms. The molecular weight excluding hydrogens is 504 g/mol. The van der Waals surface area contributed by atoms with E-state index < -0.39 is 24.1 Å². The van der Waals surface area contributed by atoms with Gasteiger partial charge in [-0.25, -0.2) is 14.4 Å². The zero-order valence-electron chi connectivity index (χ0n) is 22.6. The fourth-order valence-electron chi connectivity index (χ4n) is 6.67. The monoisotopic (exact) mass is 538 g/mol. The quantitative estimate of drug-likeness (QED) is 0.454. The molecule has 3 fully saturated rings. The van der Waals surface area contributed by atoms with E-state index in [-0.39, 0.29) is 24.7 Å². The van der Waals surface area contributed by atoms with Crippen molar-refractivity contribution in [2.75, 3.05) is 18.0 Å². The molecule has 206 valence electrons. The number of benzene rings is 3. The molecule has 8 nitrogen and oxygen atoms in total. The molecule has 3 aliphatic rings. The summed E-state index contributed by atoms with van der Waals surface area (Å²) in [7, 11) is 0. The van der Waals surface area contributed by atoms with Crippen LogP contribution in [0.25, 0.3) is 0 Å². The summed E-state index contributed by atoms with van der Waals surface area (Å²) in [4.78, 5) is 47.8. The maximum absolute atomic E-state index is 14.2. The Kier molecular flexibility index (Phi) is 6.92. The Hall–Kier alpha value is -4.33. The molecule has 1 unspecified atom stereocenters. The predicted octanol–water partition coefficient (Wildman–Crippen LogP) is 5.81. The highest BCUT2D eigenvalue weighted by Gasteiger charge is 2.54. The van der Waals surface area contributed by atoms with E-state index in [1.807, 2.05) is 72.5 Å². The fraction of sp³-hybridized carbons (Fsp3) is 0.344. The van der Waals surface area contributed by atoms with Crippen LogP contribution >= 0.6 is 0 Å². The number of fused-ring (bicyclic) bond motifs is 2. The molecule has 0 aromatic heterocycles. The van der Waals surface area contributed by atoms with E-state index in [1.54, 1.807) is 9.80 Å². The molecule has 0 spiro atoms. The number of anilines is 2. The van der Waals surface area contributed by atoms with Crippen LogP contribution in [0.5, 0.6) is 0 Å². The molecule has 4 atom stereocenters. The number of urea groups is 2. The number of carboxylic acid groups (broad SMARTS) is 1. The lowest BCUT2D eigenvalue weighted by molar-refractivity contribution is -0.145. The average molecular weight is 539 g/mol. The second-order valence-corrected chi connectivity index (χ2v) is 11.0. The second kappa shape index (κ2) is 10.7. The van der Waals surface area contributed by atoms with Gasteiger partial charge in [-0.1, -0.05) is 66.2 Å². The van der Waals surface area contributed by atoms with E-state index in [0.29, 0.717) is 30.8 Å². The van der Waals surface area contributed by atoms with Gasteiger partial charge in [0.2, 0.25) is 0 Å². The molecule has 3 saturated heterocycles. The van der Waals surface area contributed by atoms with Gasteiger partial charge in [-0.15, -0.1) is 0 Å². The highest BCUT2D eigenvalue weighted by atomic mass is 16.4. The van der Waals surface area contributed by atoms with Crippen molar-refractivity contribution in [2.24, 2.45) is 0 Å². The van der Waals surface area contributed by atoms with Crippen LogP contribution in [0.15, 0.2) is 84.9 Å². The summed E-state index contributed by atoms with van der Waals surface area (Å²) in [6, 6.07) is 24.4. The zero-order valence-corrected chi connectivity index (χ0v) is 22.6. The minimum atomic E-state index is -1.13. The first kappa shape index (κ1) is 25.9. The normalized spacial score (nSPS) is 23.8. The van der Waals surface area contributed by atoms with Gasteiger partial charge in [-0.05, 0) is 62.4 Å². The number of carbonyl (C=O) groups excluding carboxylic acids is 2. The Morgan fingerprint density at radius 2 is 1.43 bits per heavy atom. The van der Waals surface area contributed by atoms with Gasteiger partial charge in [0.15, 0.2) is 6.04 Å². The van der Waals surface area contributed by atoms with E-state index in [0.717, 1.165) is 18.4 Å². The number of hydrogen-bond donors (Lipinski definition) is 1. The van der Waals surface area contributed by atoms with E-state index in [4.69, 9.17) is 0 Å². The average Bonchev–Trinajstić information content (AvgIpc) is 3.57. The number of nitrogens with zero attached hydrogens (tertiary/aromatic N) is 4. The van der Waals surface area contributed by atoms with Crippen molar-refractivity contribution in [2.45, 2.75) is 56.8 Å². The fourth-order valence-corrected chi connectivity index (χ4v) is 6.67. The summed E-state index contributed by atoms with van der Waals surface area (Å²) in [6.45, 7) is 2.86. The molecule has 1 N–H and O–H groups in total. The number of piperazine rings is 1. The van der Waals surface area contributed by atoms with Crippen LogP contribution in [0, 0.1) is 6.92 Å². The number of amides is 4. The van der Waals surface area contributed by atoms with Crippen LogP contribution in [0.3, 0.4) is 0 Å². The third kappa shape index (κ3) is 4.57. The van der Waals surface area contributed by atoms with Crippen molar-refractivity contribution in [1.29, 1.82) is 0 Å². The maximum Gasteiger partial charge on any atom is 0.329 e. The van der Waals surface area contributed by atoms with Crippen LogP contribution in [0.4, 0.5) is 21.0 Å². The molecule has 3 aliphatic heterocycles. The Balaban J connectivity index is 1.30. The van der Waals surface area contributed by atoms with Gasteiger partial charge in [-0.2, -0.15) is 0 Å². The summed E-state index contributed by atoms with van der Waals surface area (Å²) < 4.78 is 0. The number of carbonyl (C=O) groups is 3. The van der Waals surface area contributed by atoms with E-state index in [1.165, 1.54) is 10.5 Å². The molecule has 0 saturated carbocycles. The number of likely N-dealkylation sites (tertiary alicyclic amines) is 2. The van der Waals surface area contributed by atoms with Gasteiger partial charge in [0.25, 0.3) is 0 Å². The summed E-state index contributed by atoms with van der Waals surface area (Å²) in [6.07, 6.45) is 3.01. The van der Waals surface area contributed by atoms with Crippen molar-refractivity contribution in [1.82, 2.24) is 14.7 Å². The molecule has 6 rings (SSSR count). The third-order valence-electron chi connectivity index (χ3n) is 8.55. The number of aryl methyl sites for hydroxylation is 1. The number of para-hydroxylation sites is 2. The van der Waals surface area contributed by atoms with Crippen LogP contribution in [-0.4, -0.2) is 69.1 Å². The smallest absolute Gasteiger partial charge is 0.329 e. The summed E-state index contributed by atoms with van der Waals surface area (Å²) in [5.41, 5.74) is 3.59. The lowest BCUT2D eigenvalue weighted by atomic mass is 10.0. The largest absolute Gasteiger partial charge is 0.480 e. The molecule has 3 aromatic rings. The van der Waals surface area contributed by atoms with Gasteiger partial charge in [0, 0.05) is 13.1 Å². The van der Waals surface area contributed by atoms with Gasteiger partial charge < -0.3 is 19.8 Å². The highest BCUT2D eigenvalue weighted by Crippen LogP contribution is 2.40. The van der Waals surface area contributed by atoms with Crippen molar-refractivity contribution in [3.63, 3.8) is 0 Å². The van der Waals surface area contributed by atoms with Crippen LogP contribution in [0.1, 0.15) is 42.9 Å². The second-order valence-electron chi connectivity index (χ2n) is 11.0. The van der Waals surface area contributed by atoms with Crippen molar-refractivity contribution in [3.05, 3.63) is 96.1 Å². The van der Waals surface area contributed by atoms with Gasteiger partial charge in [0.05, 0.1) is 29.5 Å². The standard InChI is InChI=1S/C32H34N4O4/c1-22-14-16-23(17-15-22)27-13-8-20-33(27)31(39)36-26-18-19-28(36)29(30(37)38)34(21-26)32(40)35(24-9-4-2-5-10-24)25-11-6-3-7-12-25/h2-7,9-12,14-17,26-29H,8,13,18-21H2,1H3,(H,37,38)/t26?,27-,28-,29+/m1/s1. The topological polar surface area (TPSA) is 84.4 Å². The molecule has 3 heterocycles. The minimum absolute atomic E-state index is 0.0258. The minimum Gasteiger partial charge on any atom is -0.480 e. The lowest BCUT2D eigenvalue weighted by Crippen LogP contribution is -2.67. The molecule has 40 heavy (non-hydrogen) atoms. The van der Waals surface area contributed by atoms with E-state index in [9.17, 15) is 19.5 Å².